The van der Waals surface area contributed by atoms with Gasteiger partial charge in [-0.2, -0.15) is 17.0 Å². The van der Waals surface area contributed by atoms with Crippen LogP contribution in [0.5, 0.6) is 0 Å². The summed E-state index contributed by atoms with van der Waals surface area (Å²) in [6.45, 7) is 2.79. The Bertz CT molecular complexity index is 744. The fraction of sp³-hybridized carbons (Fsp3) is 0.538. The highest BCUT2D eigenvalue weighted by atomic mass is 32.2. The lowest BCUT2D eigenvalue weighted by molar-refractivity contribution is 0.0102. The Morgan fingerprint density at radius 3 is 2.30 bits per heavy atom. The van der Waals surface area contributed by atoms with Crippen molar-refractivity contribution in [3.05, 3.63) is 24.3 Å². The molecule has 0 radical (unpaired) electrons. The summed E-state index contributed by atoms with van der Waals surface area (Å²) in [5, 5.41) is 0. The van der Waals surface area contributed by atoms with Crippen LogP contribution in [0.15, 0.2) is 29.2 Å². The van der Waals surface area contributed by atoms with E-state index in [1.54, 1.807) is 0 Å². The molecule has 0 aromatic heterocycles. The van der Waals surface area contributed by atoms with E-state index in [9.17, 15) is 16.8 Å². The number of hydrogen-bond donors (Lipinski definition) is 1. The molecule has 8 nitrogen and oxygen atoms in total. The molecule has 0 amide bonds. The van der Waals surface area contributed by atoms with Crippen LogP contribution in [-0.2, 0) is 25.0 Å². The highest BCUT2D eigenvalue weighted by Gasteiger charge is 2.29. The maximum Gasteiger partial charge on any atom is 0.301 e. The molecule has 1 atom stereocenters. The molecule has 1 aliphatic rings. The largest absolute Gasteiger partial charge is 0.376 e. The summed E-state index contributed by atoms with van der Waals surface area (Å²) in [7, 11) is -4.42. The molecule has 1 N–H and O–H groups in total. The molecule has 1 saturated heterocycles. The second-order valence-corrected chi connectivity index (χ2v) is 9.28. The number of rotatable bonds is 5. The van der Waals surface area contributed by atoms with Gasteiger partial charge in [0.1, 0.15) is 0 Å². The van der Waals surface area contributed by atoms with Crippen molar-refractivity contribution in [2.24, 2.45) is 0 Å². The van der Waals surface area contributed by atoms with Crippen LogP contribution in [0.25, 0.3) is 0 Å². The van der Waals surface area contributed by atoms with Crippen molar-refractivity contribution in [1.82, 2.24) is 8.61 Å². The minimum atomic E-state index is -3.62. The Morgan fingerprint density at radius 2 is 1.78 bits per heavy atom. The molecule has 1 fully saturated rings. The van der Waals surface area contributed by atoms with E-state index in [4.69, 9.17) is 4.74 Å². The lowest BCUT2D eigenvalue weighted by Crippen LogP contribution is -2.44. The molecule has 0 saturated carbocycles. The van der Waals surface area contributed by atoms with Crippen LogP contribution in [-0.4, -0.2) is 65.3 Å². The van der Waals surface area contributed by atoms with E-state index in [0.717, 1.165) is 4.31 Å². The number of hydrogen-bond acceptors (Lipinski definition) is 5. The van der Waals surface area contributed by atoms with E-state index in [-0.39, 0.29) is 11.0 Å². The van der Waals surface area contributed by atoms with Crippen LogP contribution in [0.4, 0.5) is 5.69 Å². The van der Waals surface area contributed by atoms with E-state index in [1.807, 2.05) is 6.92 Å². The topological polar surface area (TPSA) is 96.0 Å². The van der Waals surface area contributed by atoms with Crippen molar-refractivity contribution < 1.29 is 21.6 Å². The first-order valence-corrected chi connectivity index (χ1v) is 9.93. The fourth-order valence-electron chi connectivity index (χ4n) is 2.09. The highest BCUT2D eigenvalue weighted by molar-refractivity contribution is 7.90. The minimum absolute atomic E-state index is 0.124. The summed E-state index contributed by atoms with van der Waals surface area (Å²) in [5.41, 5.74) is 0.299. The quantitative estimate of drug-likeness (QED) is 0.812. The summed E-state index contributed by atoms with van der Waals surface area (Å²) >= 11 is 0. The molecule has 10 heteroatoms. The molecule has 1 aromatic rings. The van der Waals surface area contributed by atoms with Crippen LogP contribution in [0.1, 0.15) is 6.92 Å². The Balaban J connectivity index is 2.19. The van der Waals surface area contributed by atoms with Crippen molar-refractivity contribution in [2.75, 3.05) is 38.5 Å². The maximum atomic E-state index is 12.6. The minimum Gasteiger partial charge on any atom is -0.376 e. The van der Waals surface area contributed by atoms with Gasteiger partial charge in [-0.3, -0.25) is 4.72 Å². The van der Waals surface area contributed by atoms with Crippen molar-refractivity contribution in [3.63, 3.8) is 0 Å². The van der Waals surface area contributed by atoms with Gasteiger partial charge in [-0.1, -0.05) is 0 Å². The molecule has 1 heterocycles. The molecular weight excluding hydrogens is 342 g/mol. The van der Waals surface area contributed by atoms with Crippen LogP contribution >= 0.6 is 0 Å². The molecular formula is C13H21N3O5S2. The average Bonchev–Trinajstić information content (AvgIpc) is 2.47. The normalized spacial score (nSPS) is 20.6. The number of ether oxygens (including phenoxy) is 1. The van der Waals surface area contributed by atoms with Gasteiger partial charge in [0, 0.05) is 32.9 Å². The van der Waals surface area contributed by atoms with Gasteiger partial charge in [0.25, 0.3) is 0 Å². The van der Waals surface area contributed by atoms with E-state index in [2.05, 4.69) is 4.72 Å². The molecule has 2 rings (SSSR count). The number of nitrogens with one attached hydrogen (secondary N) is 1. The van der Waals surface area contributed by atoms with E-state index in [0.29, 0.717) is 25.4 Å². The Kier molecular flexibility index (Phi) is 5.31. The van der Waals surface area contributed by atoms with Crippen LogP contribution < -0.4 is 4.72 Å². The fourth-order valence-corrected chi connectivity index (χ4v) is 4.20. The summed E-state index contributed by atoms with van der Waals surface area (Å²) in [4.78, 5) is 0.124. The van der Waals surface area contributed by atoms with Crippen molar-refractivity contribution in [2.45, 2.75) is 17.9 Å². The Morgan fingerprint density at radius 1 is 1.17 bits per heavy atom. The molecule has 130 valence electrons. The van der Waals surface area contributed by atoms with E-state index < -0.39 is 20.2 Å². The lowest BCUT2D eigenvalue weighted by atomic mass is 10.3. The van der Waals surface area contributed by atoms with Crippen molar-refractivity contribution in [1.29, 1.82) is 0 Å². The van der Waals surface area contributed by atoms with Gasteiger partial charge in [-0.05, 0) is 31.2 Å². The molecule has 23 heavy (non-hydrogen) atoms. The van der Waals surface area contributed by atoms with E-state index in [1.165, 1.54) is 42.7 Å². The van der Waals surface area contributed by atoms with Gasteiger partial charge in [0.05, 0.1) is 17.6 Å². The molecule has 1 unspecified atom stereocenters. The second kappa shape index (κ2) is 6.73. The SMILES string of the molecule is CC1CN(S(=O)(=O)c2ccc(NS(=O)(=O)N(C)C)cc2)CCO1. The first-order valence-electron chi connectivity index (χ1n) is 7.05. The predicted octanol–water partition coefficient (Wildman–Crippen LogP) is 0.314. The monoisotopic (exact) mass is 363 g/mol. The molecule has 1 aliphatic heterocycles. The third-order valence-electron chi connectivity index (χ3n) is 3.42. The zero-order valence-electron chi connectivity index (χ0n) is 13.3. The van der Waals surface area contributed by atoms with Gasteiger partial charge >= 0.3 is 10.2 Å². The number of nitrogens with zero attached hydrogens (tertiary/aromatic N) is 2. The van der Waals surface area contributed by atoms with Crippen molar-refractivity contribution in [3.8, 4) is 0 Å². The lowest BCUT2D eigenvalue weighted by Gasteiger charge is -2.30. The third kappa shape index (κ3) is 4.21. The van der Waals surface area contributed by atoms with Gasteiger partial charge in [0.15, 0.2) is 0 Å². The zero-order valence-corrected chi connectivity index (χ0v) is 14.9. The number of anilines is 1. The van der Waals surface area contributed by atoms with Gasteiger partial charge in [-0.25, -0.2) is 8.42 Å². The van der Waals surface area contributed by atoms with Crippen LogP contribution in [0.2, 0.25) is 0 Å². The number of morpholine rings is 1. The van der Waals surface area contributed by atoms with Gasteiger partial charge in [-0.15, -0.1) is 0 Å². The summed E-state index contributed by atoms with van der Waals surface area (Å²) < 4.78 is 58.7. The highest BCUT2D eigenvalue weighted by Crippen LogP contribution is 2.21. The molecule has 1 aromatic carbocycles. The Hall–Kier alpha value is -1.20. The molecule has 0 bridgehead atoms. The van der Waals surface area contributed by atoms with Crippen LogP contribution in [0, 0.1) is 0 Å². The van der Waals surface area contributed by atoms with Crippen LogP contribution in [0.3, 0.4) is 0 Å². The summed E-state index contributed by atoms with van der Waals surface area (Å²) in [6.07, 6.45) is -0.148. The molecule has 0 aliphatic carbocycles. The number of benzene rings is 1. The van der Waals surface area contributed by atoms with Gasteiger partial charge < -0.3 is 4.74 Å². The smallest absolute Gasteiger partial charge is 0.301 e. The van der Waals surface area contributed by atoms with Crippen molar-refractivity contribution >= 4 is 25.9 Å². The number of sulfonamides is 1. The summed E-state index contributed by atoms with van der Waals surface area (Å²) in [5.74, 6) is 0. The third-order valence-corrected chi connectivity index (χ3v) is 6.76. The molecule has 0 spiro atoms. The Labute approximate surface area is 137 Å². The first-order chi connectivity index (χ1) is 10.6. The van der Waals surface area contributed by atoms with E-state index >= 15 is 0 Å². The standard InChI is InChI=1S/C13H21N3O5S2/c1-11-10-16(8-9-21-11)22(17,18)13-6-4-12(5-7-13)14-23(19,20)15(2)3/h4-7,11,14H,8-10H2,1-3H3. The van der Waals surface area contributed by atoms with Gasteiger partial charge in [0.2, 0.25) is 10.0 Å². The summed E-state index contributed by atoms with van der Waals surface area (Å²) in [6, 6.07) is 5.64. The maximum absolute atomic E-state index is 12.6. The average molecular weight is 363 g/mol. The first kappa shape index (κ1) is 18.1. The zero-order chi connectivity index (χ0) is 17.3. The predicted molar refractivity (Wildman–Crippen MR) is 86.8 cm³/mol. The second-order valence-electron chi connectivity index (χ2n) is 5.46.